The highest BCUT2D eigenvalue weighted by molar-refractivity contribution is 6.33. The fourth-order valence-corrected chi connectivity index (χ4v) is 1.92. The molecule has 0 radical (unpaired) electrons. The van der Waals surface area contributed by atoms with Gasteiger partial charge in [-0.2, -0.15) is 0 Å². The second-order valence-corrected chi connectivity index (χ2v) is 4.75. The first-order chi connectivity index (χ1) is 8.69. The number of benzene rings is 1. The van der Waals surface area contributed by atoms with Gasteiger partial charge >= 0.3 is 0 Å². The van der Waals surface area contributed by atoms with Crippen molar-refractivity contribution in [3.63, 3.8) is 0 Å². The molecule has 0 amide bonds. The molecule has 5 heteroatoms. The van der Waals surface area contributed by atoms with Crippen LogP contribution in [0.4, 0.5) is 0 Å². The van der Waals surface area contributed by atoms with Crippen molar-refractivity contribution in [1.82, 2.24) is 4.98 Å². The number of pyridine rings is 1. The minimum absolute atomic E-state index is 0.349. The first-order valence-electron chi connectivity index (χ1n) is 5.26. The molecule has 1 aromatic heterocycles. The average molecular weight is 303 g/mol. The average Bonchev–Trinajstić information content (AvgIpc) is 2.40. The molecule has 94 valence electrons. The third-order valence-electron chi connectivity index (χ3n) is 2.34. The molecule has 0 aliphatic rings. The Balaban J connectivity index is 2.04. The number of alkyl halides is 1. The van der Waals surface area contributed by atoms with Crippen molar-refractivity contribution in [3.05, 3.63) is 57.8 Å². The molecule has 0 bridgehead atoms. The molecule has 2 rings (SSSR count). The van der Waals surface area contributed by atoms with Crippen LogP contribution in [0.5, 0.6) is 5.75 Å². The molecule has 0 saturated heterocycles. The van der Waals surface area contributed by atoms with Gasteiger partial charge in [-0.15, -0.1) is 11.6 Å². The fraction of sp³-hybridized carbons (Fsp3) is 0.154. The first-order valence-corrected chi connectivity index (χ1v) is 6.55. The second-order valence-electron chi connectivity index (χ2n) is 3.64. The van der Waals surface area contributed by atoms with E-state index in [1.165, 1.54) is 0 Å². The van der Waals surface area contributed by atoms with Crippen LogP contribution in [0.3, 0.4) is 0 Å². The number of halogens is 3. The topological polar surface area (TPSA) is 22.1 Å². The molecule has 0 aliphatic carbocycles. The third kappa shape index (κ3) is 3.52. The highest BCUT2D eigenvalue weighted by atomic mass is 35.5. The van der Waals surface area contributed by atoms with Crippen LogP contribution in [0.1, 0.15) is 11.3 Å². The summed E-state index contributed by atoms with van der Waals surface area (Å²) in [5, 5.41) is 1.26. The maximum atomic E-state index is 6.04. The smallest absolute Gasteiger partial charge is 0.138 e. The summed E-state index contributed by atoms with van der Waals surface area (Å²) in [7, 11) is 0. The highest BCUT2D eigenvalue weighted by Crippen LogP contribution is 2.22. The van der Waals surface area contributed by atoms with E-state index in [4.69, 9.17) is 39.5 Å². The Labute approximate surface area is 120 Å². The molecule has 0 atom stereocenters. The van der Waals surface area contributed by atoms with Gasteiger partial charge in [0.15, 0.2) is 0 Å². The van der Waals surface area contributed by atoms with Crippen LogP contribution >= 0.6 is 34.8 Å². The number of nitrogens with zero attached hydrogens (tertiary/aromatic N) is 1. The number of hydrogen-bond acceptors (Lipinski definition) is 2. The van der Waals surface area contributed by atoms with Gasteiger partial charge in [-0.05, 0) is 30.3 Å². The van der Waals surface area contributed by atoms with E-state index in [1.54, 1.807) is 24.4 Å². The number of ether oxygens (including phenoxy) is 1. The Morgan fingerprint density at radius 1 is 1.11 bits per heavy atom. The zero-order valence-electron chi connectivity index (χ0n) is 9.37. The molecule has 2 nitrogen and oxygen atoms in total. The van der Waals surface area contributed by atoms with Crippen molar-refractivity contribution in [2.24, 2.45) is 0 Å². The number of aromatic nitrogens is 1. The molecule has 1 aromatic carbocycles. The molecule has 1 heterocycles. The Hall–Kier alpha value is -0.960. The van der Waals surface area contributed by atoms with Gasteiger partial charge in [0, 0.05) is 15.6 Å². The summed E-state index contributed by atoms with van der Waals surface area (Å²) < 4.78 is 5.58. The van der Waals surface area contributed by atoms with Crippen molar-refractivity contribution in [2.45, 2.75) is 12.5 Å². The lowest BCUT2D eigenvalue weighted by atomic mass is 10.2. The van der Waals surface area contributed by atoms with Gasteiger partial charge < -0.3 is 4.74 Å². The van der Waals surface area contributed by atoms with E-state index in [1.807, 2.05) is 12.1 Å². The Bertz CT molecular complexity index is 528. The van der Waals surface area contributed by atoms with E-state index in [9.17, 15) is 0 Å². The Morgan fingerprint density at radius 2 is 1.94 bits per heavy atom. The van der Waals surface area contributed by atoms with E-state index in [-0.39, 0.29) is 0 Å². The summed E-state index contributed by atoms with van der Waals surface area (Å²) in [4.78, 5) is 4.13. The SMILES string of the molecule is ClCc1ccc(OCc2cc(Cl)ccc2Cl)cn1. The minimum atomic E-state index is 0.349. The summed E-state index contributed by atoms with van der Waals surface area (Å²) in [6.45, 7) is 0.349. The van der Waals surface area contributed by atoms with E-state index in [0.717, 1.165) is 11.3 Å². The summed E-state index contributed by atoms with van der Waals surface area (Å²) >= 11 is 17.6. The van der Waals surface area contributed by atoms with E-state index < -0.39 is 0 Å². The summed E-state index contributed by atoms with van der Waals surface area (Å²) in [6, 6.07) is 8.91. The van der Waals surface area contributed by atoms with Crippen molar-refractivity contribution in [3.8, 4) is 5.75 Å². The van der Waals surface area contributed by atoms with Crippen molar-refractivity contribution in [1.29, 1.82) is 0 Å². The molecule has 0 fully saturated rings. The second kappa shape index (κ2) is 6.28. The predicted octanol–water partition coefficient (Wildman–Crippen LogP) is 4.71. The predicted molar refractivity (Wildman–Crippen MR) is 74.6 cm³/mol. The first kappa shape index (κ1) is 13.5. The monoisotopic (exact) mass is 301 g/mol. The van der Waals surface area contributed by atoms with Gasteiger partial charge in [-0.3, -0.25) is 4.98 Å². The van der Waals surface area contributed by atoms with Crippen LogP contribution in [0, 0.1) is 0 Å². The number of rotatable bonds is 4. The van der Waals surface area contributed by atoms with Crippen LogP contribution in [0.15, 0.2) is 36.5 Å². The summed E-state index contributed by atoms with van der Waals surface area (Å²) in [5.41, 5.74) is 1.65. The van der Waals surface area contributed by atoms with Crippen molar-refractivity contribution < 1.29 is 4.74 Å². The molecular weight excluding hydrogens is 293 g/mol. The lowest BCUT2D eigenvalue weighted by Crippen LogP contribution is -1.97. The Morgan fingerprint density at radius 3 is 2.61 bits per heavy atom. The normalized spacial score (nSPS) is 10.4. The van der Waals surface area contributed by atoms with E-state index in [0.29, 0.717) is 28.3 Å². The molecule has 2 aromatic rings. The molecule has 0 aliphatic heterocycles. The van der Waals surface area contributed by atoms with Gasteiger partial charge in [-0.1, -0.05) is 23.2 Å². The van der Waals surface area contributed by atoms with Crippen LogP contribution < -0.4 is 4.74 Å². The van der Waals surface area contributed by atoms with Crippen LogP contribution in [-0.4, -0.2) is 4.98 Å². The van der Waals surface area contributed by atoms with Gasteiger partial charge in [0.05, 0.1) is 17.8 Å². The minimum Gasteiger partial charge on any atom is -0.487 e. The maximum Gasteiger partial charge on any atom is 0.138 e. The molecule has 18 heavy (non-hydrogen) atoms. The van der Waals surface area contributed by atoms with Crippen molar-refractivity contribution >= 4 is 34.8 Å². The zero-order chi connectivity index (χ0) is 13.0. The zero-order valence-corrected chi connectivity index (χ0v) is 11.6. The maximum absolute atomic E-state index is 6.04. The highest BCUT2D eigenvalue weighted by Gasteiger charge is 2.03. The third-order valence-corrected chi connectivity index (χ3v) is 3.21. The van der Waals surface area contributed by atoms with E-state index >= 15 is 0 Å². The van der Waals surface area contributed by atoms with Gasteiger partial charge in [0.1, 0.15) is 12.4 Å². The molecular formula is C13H10Cl3NO. The fourth-order valence-electron chi connectivity index (χ4n) is 1.39. The summed E-state index contributed by atoms with van der Waals surface area (Å²) in [6.07, 6.45) is 1.64. The lowest BCUT2D eigenvalue weighted by molar-refractivity contribution is 0.305. The largest absolute Gasteiger partial charge is 0.487 e. The standard InChI is InChI=1S/C13H10Cl3NO/c14-6-11-2-3-12(7-17-11)18-8-9-5-10(15)1-4-13(9)16/h1-5,7H,6,8H2. The quantitative estimate of drug-likeness (QED) is 0.763. The Kier molecular flexibility index (Phi) is 4.70. The van der Waals surface area contributed by atoms with Gasteiger partial charge in [-0.25, -0.2) is 0 Å². The molecule has 0 spiro atoms. The molecule has 0 unspecified atom stereocenters. The number of hydrogen-bond donors (Lipinski definition) is 0. The van der Waals surface area contributed by atoms with E-state index in [2.05, 4.69) is 4.98 Å². The van der Waals surface area contributed by atoms with Crippen LogP contribution in [0.25, 0.3) is 0 Å². The molecule has 0 saturated carbocycles. The van der Waals surface area contributed by atoms with Gasteiger partial charge in [0.25, 0.3) is 0 Å². The van der Waals surface area contributed by atoms with Crippen LogP contribution in [-0.2, 0) is 12.5 Å². The lowest BCUT2D eigenvalue weighted by Gasteiger charge is -2.08. The summed E-state index contributed by atoms with van der Waals surface area (Å²) in [5.74, 6) is 1.06. The van der Waals surface area contributed by atoms with Gasteiger partial charge in [0.2, 0.25) is 0 Å². The van der Waals surface area contributed by atoms with Crippen molar-refractivity contribution in [2.75, 3.05) is 0 Å². The van der Waals surface area contributed by atoms with Crippen LogP contribution in [0.2, 0.25) is 10.0 Å². The molecule has 0 N–H and O–H groups in total.